The van der Waals surface area contributed by atoms with Crippen molar-refractivity contribution < 1.29 is 9.53 Å². The highest BCUT2D eigenvalue weighted by atomic mass is 16.6. The van der Waals surface area contributed by atoms with E-state index in [-0.39, 0.29) is 5.92 Å². The zero-order valence-corrected chi connectivity index (χ0v) is 9.30. The molecule has 1 fully saturated rings. The average Bonchev–Trinajstić information content (AvgIpc) is 2.39. The van der Waals surface area contributed by atoms with Gasteiger partial charge in [-0.05, 0) is 12.1 Å². The number of hydrogen-bond acceptors (Lipinski definition) is 4. The summed E-state index contributed by atoms with van der Waals surface area (Å²) in [5.74, 6) is 0.111. The number of ether oxygens (including phenoxy) is 1. The molecule has 1 heterocycles. The standard InChI is InChI=1S/C12H13N3O2/c13-5-9-7-15(12(16)17-8-9)11-4-2-1-3-10(11)6-14/h1-4,9H,5,7-8,13H2. The molecule has 0 bridgehead atoms. The van der Waals surface area contributed by atoms with Gasteiger partial charge < -0.3 is 10.5 Å². The molecule has 1 unspecified atom stereocenters. The summed E-state index contributed by atoms with van der Waals surface area (Å²) in [4.78, 5) is 13.1. The van der Waals surface area contributed by atoms with Gasteiger partial charge in [0.1, 0.15) is 6.07 Å². The van der Waals surface area contributed by atoms with Crippen LogP contribution in [0, 0.1) is 17.2 Å². The van der Waals surface area contributed by atoms with Gasteiger partial charge in [0.05, 0.1) is 17.9 Å². The molecule has 0 radical (unpaired) electrons. The second-order valence-electron chi connectivity index (χ2n) is 3.92. The van der Waals surface area contributed by atoms with E-state index in [0.29, 0.717) is 30.9 Å². The van der Waals surface area contributed by atoms with Crippen molar-refractivity contribution in [2.24, 2.45) is 11.7 Å². The van der Waals surface area contributed by atoms with Gasteiger partial charge >= 0.3 is 6.09 Å². The average molecular weight is 231 g/mol. The molecule has 1 aromatic carbocycles. The predicted molar refractivity (Wildman–Crippen MR) is 62.4 cm³/mol. The zero-order chi connectivity index (χ0) is 12.3. The number of amides is 1. The van der Waals surface area contributed by atoms with Crippen LogP contribution < -0.4 is 10.6 Å². The first-order valence-electron chi connectivity index (χ1n) is 5.39. The molecule has 17 heavy (non-hydrogen) atoms. The molecule has 0 saturated carbocycles. The smallest absolute Gasteiger partial charge is 0.414 e. The van der Waals surface area contributed by atoms with E-state index in [9.17, 15) is 4.79 Å². The van der Waals surface area contributed by atoms with Crippen LogP contribution in [0.4, 0.5) is 10.5 Å². The first kappa shape index (κ1) is 11.4. The van der Waals surface area contributed by atoms with Crippen LogP contribution in [-0.2, 0) is 4.74 Å². The molecule has 1 saturated heterocycles. The summed E-state index contributed by atoms with van der Waals surface area (Å²) in [5.41, 5.74) is 6.62. The number of carbonyl (C=O) groups is 1. The number of anilines is 1. The fourth-order valence-corrected chi connectivity index (χ4v) is 1.80. The third-order valence-corrected chi connectivity index (χ3v) is 2.75. The minimum atomic E-state index is -0.419. The molecule has 2 N–H and O–H groups in total. The molecule has 88 valence electrons. The van der Waals surface area contributed by atoms with E-state index in [1.54, 1.807) is 24.3 Å². The largest absolute Gasteiger partial charge is 0.449 e. The predicted octanol–water partition coefficient (Wildman–Crippen LogP) is 1.09. The highest BCUT2D eigenvalue weighted by Crippen LogP contribution is 2.24. The van der Waals surface area contributed by atoms with Crippen LogP contribution in [-0.4, -0.2) is 25.8 Å². The SMILES string of the molecule is N#Cc1ccccc1N1CC(CN)COC1=O. The third-order valence-electron chi connectivity index (χ3n) is 2.75. The quantitative estimate of drug-likeness (QED) is 0.826. The van der Waals surface area contributed by atoms with E-state index < -0.39 is 6.09 Å². The fraction of sp³-hybridized carbons (Fsp3) is 0.333. The Labute approximate surface area is 99.4 Å². The van der Waals surface area contributed by atoms with Gasteiger partial charge in [0.25, 0.3) is 0 Å². The summed E-state index contributed by atoms with van der Waals surface area (Å²) in [6.45, 7) is 1.30. The first-order valence-corrected chi connectivity index (χ1v) is 5.39. The summed E-state index contributed by atoms with van der Waals surface area (Å²) >= 11 is 0. The molecule has 1 atom stereocenters. The van der Waals surface area contributed by atoms with Gasteiger partial charge in [-0.1, -0.05) is 12.1 Å². The lowest BCUT2D eigenvalue weighted by Gasteiger charge is -2.31. The molecule has 5 heteroatoms. The maximum absolute atomic E-state index is 11.7. The van der Waals surface area contributed by atoms with Crippen LogP contribution in [0.5, 0.6) is 0 Å². The van der Waals surface area contributed by atoms with Crippen LogP contribution in [0.1, 0.15) is 5.56 Å². The summed E-state index contributed by atoms with van der Waals surface area (Å²) < 4.78 is 5.05. The maximum Gasteiger partial charge on any atom is 0.414 e. The van der Waals surface area contributed by atoms with Crippen molar-refractivity contribution in [3.63, 3.8) is 0 Å². The summed E-state index contributed by atoms with van der Waals surface area (Å²) in [6.07, 6.45) is -0.419. The van der Waals surface area contributed by atoms with Crippen LogP contribution in [0.2, 0.25) is 0 Å². The molecular weight excluding hydrogens is 218 g/mol. The number of cyclic esters (lactones) is 1. The number of nitriles is 1. The minimum Gasteiger partial charge on any atom is -0.449 e. The number of nitrogens with two attached hydrogens (primary N) is 1. The van der Waals surface area contributed by atoms with Crippen molar-refractivity contribution in [1.82, 2.24) is 0 Å². The second kappa shape index (κ2) is 4.85. The first-order chi connectivity index (χ1) is 8.26. The Bertz CT molecular complexity index is 467. The summed E-state index contributed by atoms with van der Waals surface area (Å²) in [5, 5.41) is 9.00. The molecule has 1 aliphatic heterocycles. The number of carbonyl (C=O) groups excluding carboxylic acids is 1. The van der Waals surface area contributed by atoms with Gasteiger partial charge in [0, 0.05) is 19.0 Å². The Balaban J connectivity index is 2.31. The molecule has 1 aromatic rings. The number of benzene rings is 1. The summed E-state index contributed by atoms with van der Waals surface area (Å²) in [6, 6.07) is 9.02. The monoisotopic (exact) mass is 231 g/mol. The molecule has 0 spiro atoms. The minimum absolute atomic E-state index is 0.111. The van der Waals surface area contributed by atoms with Gasteiger partial charge in [-0.3, -0.25) is 4.90 Å². The topological polar surface area (TPSA) is 79.3 Å². The fourth-order valence-electron chi connectivity index (χ4n) is 1.80. The lowest BCUT2D eigenvalue weighted by atomic mass is 10.1. The van der Waals surface area contributed by atoms with Gasteiger partial charge in [-0.2, -0.15) is 5.26 Å². The van der Waals surface area contributed by atoms with E-state index in [1.807, 2.05) is 0 Å². The van der Waals surface area contributed by atoms with E-state index in [1.165, 1.54) is 4.90 Å². The summed E-state index contributed by atoms with van der Waals surface area (Å²) in [7, 11) is 0. The highest BCUT2D eigenvalue weighted by Gasteiger charge is 2.28. The Kier molecular flexibility index (Phi) is 3.26. The van der Waals surface area contributed by atoms with E-state index >= 15 is 0 Å². The van der Waals surface area contributed by atoms with Gasteiger partial charge in [0.15, 0.2) is 0 Å². The van der Waals surface area contributed by atoms with Crippen molar-refractivity contribution in [3.8, 4) is 6.07 Å². The van der Waals surface area contributed by atoms with Crippen LogP contribution in [0.15, 0.2) is 24.3 Å². The Morgan fingerprint density at radius 3 is 3.00 bits per heavy atom. The number of rotatable bonds is 2. The maximum atomic E-state index is 11.7. The lowest BCUT2D eigenvalue weighted by Crippen LogP contribution is -2.45. The Hall–Kier alpha value is -2.06. The second-order valence-corrected chi connectivity index (χ2v) is 3.92. The van der Waals surface area contributed by atoms with Crippen molar-refractivity contribution in [3.05, 3.63) is 29.8 Å². The van der Waals surface area contributed by atoms with Gasteiger partial charge in [-0.25, -0.2) is 4.79 Å². The highest BCUT2D eigenvalue weighted by molar-refractivity contribution is 5.90. The van der Waals surface area contributed by atoms with Crippen molar-refractivity contribution in [2.75, 3.05) is 24.6 Å². The van der Waals surface area contributed by atoms with Crippen LogP contribution in [0.25, 0.3) is 0 Å². The van der Waals surface area contributed by atoms with E-state index in [4.69, 9.17) is 15.7 Å². The van der Waals surface area contributed by atoms with Crippen molar-refractivity contribution >= 4 is 11.8 Å². The molecular formula is C12H13N3O2. The molecule has 0 aromatic heterocycles. The number of para-hydroxylation sites is 1. The van der Waals surface area contributed by atoms with Gasteiger partial charge in [0.2, 0.25) is 0 Å². The Morgan fingerprint density at radius 1 is 1.53 bits per heavy atom. The Morgan fingerprint density at radius 2 is 2.29 bits per heavy atom. The van der Waals surface area contributed by atoms with Crippen LogP contribution in [0.3, 0.4) is 0 Å². The zero-order valence-electron chi connectivity index (χ0n) is 9.30. The number of hydrogen-bond donors (Lipinski definition) is 1. The number of nitrogens with zero attached hydrogens (tertiary/aromatic N) is 2. The molecule has 2 rings (SSSR count). The van der Waals surface area contributed by atoms with E-state index in [2.05, 4.69) is 6.07 Å². The third kappa shape index (κ3) is 2.22. The van der Waals surface area contributed by atoms with Crippen LogP contribution >= 0.6 is 0 Å². The molecule has 1 aliphatic rings. The van der Waals surface area contributed by atoms with Gasteiger partial charge in [-0.15, -0.1) is 0 Å². The lowest BCUT2D eigenvalue weighted by molar-refractivity contribution is 0.117. The molecule has 5 nitrogen and oxygen atoms in total. The normalized spacial score (nSPS) is 19.6. The van der Waals surface area contributed by atoms with E-state index in [0.717, 1.165) is 0 Å². The van der Waals surface area contributed by atoms with Crippen molar-refractivity contribution in [1.29, 1.82) is 5.26 Å². The van der Waals surface area contributed by atoms with Crippen molar-refractivity contribution in [2.45, 2.75) is 0 Å². The molecule has 1 amide bonds. The molecule has 0 aliphatic carbocycles.